The molecule has 0 spiro atoms. The average molecular weight is 284 g/mol. The summed E-state index contributed by atoms with van der Waals surface area (Å²) in [6, 6.07) is 12.3. The van der Waals surface area contributed by atoms with Crippen molar-refractivity contribution < 1.29 is 4.74 Å². The summed E-state index contributed by atoms with van der Waals surface area (Å²) < 4.78 is 6.36. The molecule has 3 nitrogen and oxygen atoms in total. The van der Waals surface area contributed by atoms with Crippen molar-refractivity contribution in [3.05, 3.63) is 47.5 Å². The third kappa shape index (κ3) is 2.60. The van der Waals surface area contributed by atoms with E-state index in [1.165, 1.54) is 11.1 Å². The molecule has 0 saturated carbocycles. The van der Waals surface area contributed by atoms with Crippen LogP contribution in [-0.2, 0) is 0 Å². The van der Waals surface area contributed by atoms with Crippen LogP contribution in [0.4, 0.5) is 10.8 Å². The second-order valence-electron chi connectivity index (χ2n) is 4.85. The molecule has 0 atom stereocenters. The van der Waals surface area contributed by atoms with Gasteiger partial charge in [-0.3, -0.25) is 0 Å². The van der Waals surface area contributed by atoms with Crippen molar-refractivity contribution in [2.45, 2.75) is 13.8 Å². The van der Waals surface area contributed by atoms with E-state index in [0.29, 0.717) is 0 Å². The summed E-state index contributed by atoms with van der Waals surface area (Å²) in [4.78, 5) is 4.59. The van der Waals surface area contributed by atoms with E-state index in [0.717, 1.165) is 26.8 Å². The van der Waals surface area contributed by atoms with Crippen LogP contribution in [0.3, 0.4) is 0 Å². The van der Waals surface area contributed by atoms with E-state index < -0.39 is 0 Å². The Bertz CT molecular complexity index is 744. The molecule has 102 valence electrons. The van der Waals surface area contributed by atoms with Crippen molar-refractivity contribution in [3.8, 4) is 5.75 Å². The predicted octanol–water partition coefficient (Wildman–Crippen LogP) is 4.67. The number of nitrogens with zero attached hydrogens (tertiary/aromatic N) is 1. The minimum Gasteiger partial charge on any atom is -0.497 e. The monoisotopic (exact) mass is 284 g/mol. The molecule has 0 radical (unpaired) electrons. The maximum atomic E-state index is 5.24. The maximum absolute atomic E-state index is 5.24. The van der Waals surface area contributed by atoms with E-state index in [2.05, 4.69) is 42.3 Å². The van der Waals surface area contributed by atoms with Crippen LogP contribution in [0.25, 0.3) is 10.2 Å². The summed E-state index contributed by atoms with van der Waals surface area (Å²) in [5.41, 5.74) is 4.56. The summed E-state index contributed by atoms with van der Waals surface area (Å²) in [6.45, 7) is 4.20. The lowest BCUT2D eigenvalue weighted by Crippen LogP contribution is -1.90. The molecule has 4 heteroatoms. The summed E-state index contributed by atoms with van der Waals surface area (Å²) in [5, 5.41) is 4.28. The fourth-order valence-electron chi connectivity index (χ4n) is 2.26. The highest BCUT2D eigenvalue weighted by molar-refractivity contribution is 7.22. The van der Waals surface area contributed by atoms with E-state index in [1.807, 2.05) is 18.2 Å². The van der Waals surface area contributed by atoms with Crippen LogP contribution in [-0.4, -0.2) is 12.1 Å². The first-order valence-corrected chi connectivity index (χ1v) is 7.25. The Kier molecular flexibility index (Phi) is 3.32. The SMILES string of the molecule is COc1ccc2nc(Nc3cc(C)cc(C)c3)sc2c1. The molecule has 1 N–H and O–H groups in total. The van der Waals surface area contributed by atoms with E-state index >= 15 is 0 Å². The Morgan fingerprint density at radius 1 is 1.05 bits per heavy atom. The second kappa shape index (κ2) is 5.13. The molecule has 0 unspecified atom stereocenters. The molecule has 0 aliphatic heterocycles. The number of fused-ring (bicyclic) bond motifs is 1. The van der Waals surface area contributed by atoms with E-state index in [-0.39, 0.29) is 0 Å². The summed E-state index contributed by atoms with van der Waals surface area (Å²) in [6.07, 6.45) is 0. The molecule has 20 heavy (non-hydrogen) atoms. The smallest absolute Gasteiger partial charge is 0.188 e. The average Bonchev–Trinajstić information content (AvgIpc) is 2.78. The number of aromatic nitrogens is 1. The molecule has 3 aromatic rings. The number of thiazole rings is 1. The van der Waals surface area contributed by atoms with Gasteiger partial charge in [-0.15, -0.1) is 0 Å². The Labute approximate surface area is 122 Å². The number of rotatable bonds is 3. The lowest BCUT2D eigenvalue weighted by Gasteiger charge is -2.05. The lowest BCUT2D eigenvalue weighted by atomic mass is 10.1. The highest BCUT2D eigenvalue weighted by Crippen LogP contribution is 2.31. The Balaban J connectivity index is 1.94. The van der Waals surface area contributed by atoms with Crippen LogP contribution < -0.4 is 10.1 Å². The van der Waals surface area contributed by atoms with E-state index in [4.69, 9.17) is 4.74 Å². The molecule has 0 aliphatic rings. The van der Waals surface area contributed by atoms with Crippen LogP contribution in [0.15, 0.2) is 36.4 Å². The van der Waals surface area contributed by atoms with Gasteiger partial charge in [0.15, 0.2) is 5.13 Å². The van der Waals surface area contributed by atoms with Gasteiger partial charge in [-0.1, -0.05) is 17.4 Å². The van der Waals surface area contributed by atoms with Crippen molar-refractivity contribution in [2.75, 3.05) is 12.4 Å². The van der Waals surface area contributed by atoms with E-state index in [9.17, 15) is 0 Å². The van der Waals surface area contributed by atoms with Gasteiger partial charge in [-0.25, -0.2) is 4.98 Å². The third-order valence-electron chi connectivity index (χ3n) is 3.07. The molecule has 0 saturated heterocycles. The zero-order valence-electron chi connectivity index (χ0n) is 11.7. The number of hydrogen-bond donors (Lipinski definition) is 1. The van der Waals surface area contributed by atoms with Crippen LogP contribution in [0.1, 0.15) is 11.1 Å². The number of nitrogens with one attached hydrogen (secondary N) is 1. The molecule has 0 amide bonds. The van der Waals surface area contributed by atoms with Crippen LogP contribution in [0.5, 0.6) is 5.75 Å². The standard InChI is InChI=1S/C16H16N2OS/c1-10-6-11(2)8-12(7-10)17-16-18-14-5-4-13(19-3)9-15(14)20-16/h4-9H,1-3H3,(H,17,18). The molecule has 2 aromatic carbocycles. The van der Waals surface area contributed by atoms with Crippen molar-refractivity contribution in [1.29, 1.82) is 0 Å². The van der Waals surface area contributed by atoms with Crippen LogP contribution in [0.2, 0.25) is 0 Å². The molecule has 3 rings (SSSR count). The number of ether oxygens (including phenoxy) is 1. The number of hydrogen-bond acceptors (Lipinski definition) is 4. The Hall–Kier alpha value is -2.07. The Morgan fingerprint density at radius 3 is 2.50 bits per heavy atom. The fourth-order valence-corrected chi connectivity index (χ4v) is 3.17. The zero-order valence-corrected chi connectivity index (χ0v) is 12.5. The molecular weight excluding hydrogens is 268 g/mol. The minimum atomic E-state index is 0.860. The van der Waals surface area contributed by atoms with Crippen LogP contribution in [0, 0.1) is 13.8 Å². The minimum absolute atomic E-state index is 0.860. The highest BCUT2D eigenvalue weighted by atomic mass is 32.1. The van der Waals surface area contributed by atoms with Gasteiger partial charge in [-0.05, 0) is 55.3 Å². The molecule has 1 aromatic heterocycles. The quantitative estimate of drug-likeness (QED) is 0.759. The van der Waals surface area contributed by atoms with Gasteiger partial charge in [0.2, 0.25) is 0 Å². The molecule has 1 heterocycles. The predicted molar refractivity (Wildman–Crippen MR) is 85.4 cm³/mol. The number of benzene rings is 2. The Morgan fingerprint density at radius 2 is 1.80 bits per heavy atom. The van der Waals surface area contributed by atoms with Gasteiger partial charge < -0.3 is 10.1 Å². The topological polar surface area (TPSA) is 34.1 Å². The fraction of sp³-hybridized carbons (Fsp3) is 0.188. The van der Waals surface area contributed by atoms with Gasteiger partial charge in [-0.2, -0.15) is 0 Å². The van der Waals surface area contributed by atoms with Gasteiger partial charge in [0, 0.05) is 5.69 Å². The summed E-state index contributed by atoms with van der Waals surface area (Å²) in [5.74, 6) is 0.860. The number of anilines is 2. The third-order valence-corrected chi connectivity index (χ3v) is 4.00. The first kappa shape index (κ1) is 12.9. The van der Waals surface area contributed by atoms with Crippen molar-refractivity contribution in [3.63, 3.8) is 0 Å². The number of aryl methyl sites for hydroxylation is 2. The van der Waals surface area contributed by atoms with Crippen molar-refractivity contribution >= 4 is 32.4 Å². The zero-order chi connectivity index (χ0) is 14.1. The van der Waals surface area contributed by atoms with Gasteiger partial charge in [0.1, 0.15) is 5.75 Å². The van der Waals surface area contributed by atoms with E-state index in [1.54, 1.807) is 18.4 Å². The molecule has 0 aliphatic carbocycles. The van der Waals surface area contributed by atoms with Crippen LogP contribution >= 0.6 is 11.3 Å². The normalized spacial score (nSPS) is 10.8. The lowest BCUT2D eigenvalue weighted by molar-refractivity contribution is 0.415. The van der Waals surface area contributed by atoms with Crippen molar-refractivity contribution in [1.82, 2.24) is 4.98 Å². The molecule has 0 fully saturated rings. The van der Waals surface area contributed by atoms with Gasteiger partial charge >= 0.3 is 0 Å². The van der Waals surface area contributed by atoms with Gasteiger partial charge in [0.25, 0.3) is 0 Å². The second-order valence-corrected chi connectivity index (χ2v) is 5.88. The molecule has 0 bridgehead atoms. The maximum Gasteiger partial charge on any atom is 0.188 e. The molecular formula is C16H16N2OS. The van der Waals surface area contributed by atoms with Gasteiger partial charge in [0.05, 0.1) is 17.3 Å². The first-order valence-electron chi connectivity index (χ1n) is 6.44. The largest absolute Gasteiger partial charge is 0.497 e. The summed E-state index contributed by atoms with van der Waals surface area (Å²) >= 11 is 1.63. The number of methoxy groups -OCH3 is 1. The summed E-state index contributed by atoms with van der Waals surface area (Å²) in [7, 11) is 1.68. The highest BCUT2D eigenvalue weighted by Gasteiger charge is 2.06. The van der Waals surface area contributed by atoms with Crippen molar-refractivity contribution in [2.24, 2.45) is 0 Å². The first-order chi connectivity index (χ1) is 9.64.